The molecule has 7 rings (SSSR count). The average molecular weight is 1290 g/mol. The van der Waals surface area contributed by atoms with Crippen LogP contribution in [0.3, 0.4) is 0 Å². The largest absolute Gasteiger partial charge is 0.495 e. The molecule has 0 spiro atoms. The van der Waals surface area contributed by atoms with Crippen LogP contribution in [0.4, 0.5) is 22.7 Å². The van der Waals surface area contributed by atoms with Crippen molar-refractivity contribution in [1.82, 2.24) is 30.5 Å². The first kappa shape index (κ1) is 81.8. The van der Waals surface area contributed by atoms with Gasteiger partial charge in [0.2, 0.25) is 9.23 Å². The van der Waals surface area contributed by atoms with Crippen LogP contribution in [0.15, 0.2) is 165 Å². The number of pyridine rings is 3. The number of halogens is 3. The van der Waals surface area contributed by atoms with E-state index in [0.717, 1.165) is 12.1 Å². The van der Waals surface area contributed by atoms with Gasteiger partial charge >= 0.3 is 23.0 Å². The van der Waals surface area contributed by atoms with Crippen molar-refractivity contribution < 1.29 is 62.2 Å². The van der Waals surface area contributed by atoms with Crippen molar-refractivity contribution in [3.63, 3.8) is 0 Å². The standard InChI is InChI=1S/C9H10N2O4.C9H12N2O2.C8H6ClNO4.C8H7NO5.C6H15N.3C5H5N.CH5N.Cl2OS/c1-10-9(12)6-3-4-8(15-2)7(5-6)11(13)14;1-11-9(12)6-3-4-8(13-2)7(10)5-6;1-14-7-3-2-5(8(9)11)4-6(7)10(12)13;1-14-7-3-2-5(8(10)11)4-6(7)9(12)13;1-4-7(5-2)6-3;3*1-2-4-6-5-3-1;1-2;1-4(2)3/h3-5H,1-2H3,(H,10,12);3-5H,10H2,1-2H3,(H,11,12);2-4H,1H3;2-4H,1H3,(H,10,11);4-6H2,1-3H3;3*1-5H;2H2,1H3;. The lowest BCUT2D eigenvalue weighted by Crippen LogP contribution is -2.21. The van der Waals surface area contributed by atoms with Gasteiger partial charge in [-0.1, -0.05) is 39.0 Å². The van der Waals surface area contributed by atoms with E-state index in [2.05, 4.69) is 78.4 Å². The lowest BCUT2D eigenvalue weighted by molar-refractivity contribution is -0.385. The predicted octanol–water partition coefficient (Wildman–Crippen LogP) is 10.1. The van der Waals surface area contributed by atoms with Crippen LogP contribution in [-0.2, 0) is 9.23 Å². The number of nitrogens with zero attached hydrogens (tertiary/aromatic N) is 7. The number of ether oxygens (including phenoxy) is 4. The Labute approximate surface area is 519 Å². The van der Waals surface area contributed by atoms with Crippen LogP contribution in [-0.4, -0.2) is 136 Å². The van der Waals surface area contributed by atoms with E-state index in [1.54, 1.807) is 62.4 Å². The molecule has 87 heavy (non-hydrogen) atoms. The van der Waals surface area contributed by atoms with Gasteiger partial charge in [-0.3, -0.25) is 59.7 Å². The maximum absolute atomic E-state index is 11.2. The fourth-order valence-corrected chi connectivity index (χ4v) is 5.78. The lowest BCUT2D eigenvalue weighted by Gasteiger charge is -2.13. The number of hydrogen-bond donors (Lipinski definition) is 5. The van der Waals surface area contributed by atoms with Crippen LogP contribution in [0.1, 0.15) is 62.2 Å². The topological polar surface area (TPSA) is 390 Å². The van der Waals surface area contributed by atoms with Crippen molar-refractivity contribution in [2.45, 2.75) is 20.8 Å². The van der Waals surface area contributed by atoms with Crippen LogP contribution in [0, 0.1) is 30.3 Å². The zero-order valence-corrected chi connectivity index (χ0v) is 52.2. The quantitative estimate of drug-likeness (QED) is 0.0292. The summed E-state index contributed by atoms with van der Waals surface area (Å²) >= 11 is 5.17. The van der Waals surface area contributed by atoms with E-state index in [0.29, 0.717) is 17.0 Å². The fraction of sp³-hybridized carbons (Fsp3) is 0.232. The number of nitrogens with one attached hydrogen (secondary N) is 2. The summed E-state index contributed by atoms with van der Waals surface area (Å²) in [5, 5.41) is 44.4. The molecule has 2 amide bonds. The smallest absolute Gasteiger partial charge is 0.335 e. The molecule has 7 N–H and O–H groups in total. The number of hydrogen-bond acceptors (Lipinski definition) is 21. The number of carbonyl (C=O) groups excluding carboxylic acids is 3. The second kappa shape index (κ2) is 51.0. The Morgan fingerprint density at radius 1 is 0.529 bits per heavy atom. The van der Waals surface area contributed by atoms with Gasteiger partial charge in [0.05, 0.1) is 54.5 Å². The van der Waals surface area contributed by atoms with Crippen LogP contribution in [0.25, 0.3) is 0 Å². The first-order chi connectivity index (χ1) is 41.5. The predicted molar refractivity (Wildman–Crippen MR) is 336 cm³/mol. The number of nitro groups is 3. The number of nitro benzene ring substituents is 3. The number of aromatic nitrogens is 3. The fourth-order valence-electron chi connectivity index (χ4n) is 5.67. The number of aromatic carboxylic acids is 1. The molecule has 0 aliphatic carbocycles. The molecular weight excluding hydrogens is 1220 g/mol. The highest BCUT2D eigenvalue weighted by Crippen LogP contribution is 2.30. The van der Waals surface area contributed by atoms with Gasteiger partial charge < -0.3 is 51.1 Å². The van der Waals surface area contributed by atoms with Crippen molar-refractivity contribution in [1.29, 1.82) is 0 Å². The van der Waals surface area contributed by atoms with Crippen molar-refractivity contribution in [3.8, 4) is 23.0 Å². The number of carboxylic acids is 1. The van der Waals surface area contributed by atoms with Gasteiger partial charge in [-0.05, 0) is 129 Å². The van der Waals surface area contributed by atoms with Gasteiger partial charge in [0.1, 0.15) is 5.75 Å². The molecule has 0 aliphatic rings. The molecule has 0 aliphatic heterocycles. The normalized spacial score (nSPS) is 9.06. The minimum Gasteiger partial charge on any atom is -0.495 e. The van der Waals surface area contributed by atoms with E-state index >= 15 is 0 Å². The number of rotatable bonds is 14. The van der Waals surface area contributed by atoms with Gasteiger partial charge in [0, 0.05) is 108 Å². The Bertz CT molecular complexity index is 2870. The van der Waals surface area contributed by atoms with Crippen molar-refractivity contribution >= 4 is 88.0 Å². The molecule has 31 heteroatoms. The highest BCUT2D eigenvalue weighted by molar-refractivity contribution is 8.26. The van der Waals surface area contributed by atoms with E-state index in [9.17, 15) is 49.5 Å². The van der Waals surface area contributed by atoms with Gasteiger partial charge in [-0.2, -0.15) is 0 Å². The van der Waals surface area contributed by atoms with E-state index < -0.39 is 35.2 Å². The molecule has 0 saturated heterocycles. The lowest BCUT2D eigenvalue weighted by atomic mass is 10.2. The molecule has 3 aromatic heterocycles. The van der Waals surface area contributed by atoms with Gasteiger partial charge in [0.15, 0.2) is 17.2 Å². The van der Waals surface area contributed by atoms with E-state index in [1.807, 2.05) is 54.6 Å². The maximum atomic E-state index is 11.2. The van der Waals surface area contributed by atoms with Gasteiger partial charge in [-0.25, -0.2) is 9.00 Å². The highest BCUT2D eigenvalue weighted by Gasteiger charge is 2.19. The van der Waals surface area contributed by atoms with Crippen molar-refractivity contribution in [2.24, 2.45) is 5.73 Å². The minimum atomic E-state index is -1.67. The van der Waals surface area contributed by atoms with E-state index in [1.165, 1.54) is 105 Å². The Morgan fingerprint density at radius 3 is 1.00 bits per heavy atom. The van der Waals surface area contributed by atoms with Crippen LogP contribution < -0.4 is 41.0 Å². The molecule has 0 atom stereocenters. The number of methoxy groups -OCH3 is 4. The Balaban J connectivity index is -0.000000935. The SMILES string of the molecule is CCN(CC)CC.CN.CNC(=O)c1ccc(OC)c(N)c1.CNC(=O)c1ccc(OC)c([N+](=O)[O-])c1.COc1ccc(C(=O)Cl)cc1[N+](=O)[O-].COc1ccc(C(=O)O)cc1[N+](=O)[O-].O=S(Cl)Cl.c1ccncc1.c1ccncc1.c1ccncc1. The number of carboxylic acid groups (broad SMARTS) is 1. The van der Waals surface area contributed by atoms with Crippen LogP contribution in [0.2, 0.25) is 0 Å². The molecule has 7 aromatic rings. The summed E-state index contributed by atoms with van der Waals surface area (Å²) in [4.78, 5) is 87.1. The minimum absolute atomic E-state index is 0.0417. The third kappa shape index (κ3) is 37.5. The molecule has 0 saturated carbocycles. The van der Waals surface area contributed by atoms with Crippen molar-refractivity contribution in [3.05, 3.63) is 217 Å². The summed E-state index contributed by atoms with van der Waals surface area (Å²) in [7, 11) is 17.3. The molecule has 0 radical (unpaired) electrons. The third-order valence-electron chi connectivity index (χ3n) is 9.85. The average Bonchev–Trinajstić information content (AvgIpc) is 3.75. The molecule has 27 nitrogen and oxygen atoms in total. The van der Waals surface area contributed by atoms with Crippen LogP contribution in [0.5, 0.6) is 23.0 Å². The van der Waals surface area contributed by atoms with E-state index in [4.69, 9.17) is 45.6 Å². The Morgan fingerprint density at radius 2 is 0.793 bits per heavy atom. The maximum Gasteiger partial charge on any atom is 0.335 e. The molecule has 0 fully saturated rings. The number of amides is 2. The molecule has 4 aromatic carbocycles. The second-order valence-corrected chi connectivity index (χ2v) is 17.9. The number of nitrogens with two attached hydrogens (primary N) is 2. The molecular formula is C56H70Cl3N11O16S. The Hall–Kier alpha value is -9.45. The summed E-state index contributed by atoms with van der Waals surface area (Å²) in [5.74, 6) is -0.900. The summed E-state index contributed by atoms with van der Waals surface area (Å²) in [5.41, 5.74) is 10.4. The van der Waals surface area contributed by atoms with Crippen molar-refractivity contribution in [2.75, 3.05) is 75.0 Å². The number of nitrogen functional groups attached to an aromatic ring is 1. The number of anilines is 1. The molecule has 0 unspecified atom stereocenters. The van der Waals surface area contributed by atoms with Gasteiger partial charge in [-0.15, -0.1) is 0 Å². The number of carbonyl (C=O) groups is 4. The summed E-state index contributed by atoms with van der Waals surface area (Å²) in [6.07, 6.45) is 10.5. The first-order valence-corrected chi connectivity index (χ1v) is 28.0. The summed E-state index contributed by atoms with van der Waals surface area (Å²) in [6, 6.07) is 33.3. The van der Waals surface area contributed by atoms with Crippen LogP contribution >= 0.6 is 33.0 Å². The zero-order valence-electron chi connectivity index (χ0n) is 49.1. The first-order valence-electron chi connectivity index (χ1n) is 24.9. The molecule has 3 heterocycles. The monoisotopic (exact) mass is 1290 g/mol. The molecule has 472 valence electrons. The summed E-state index contributed by atoms with van der Waals surface area (Å²) < 4.78 is 28.3. The molecule has 0 bridgehead atoms. The Kier molecular flexibility index (Phi) is 47.9. The summed E-state index contributed by atoms with van der Waals surface area (Å²) in [6.45, 7) is 10.1. The zero-order chi connectivity index (χ0) is 66.7. The number of benzene rings is 4. The van der Waals surface area contributed by atoms with E-state index in [-0.39, 0.29) is 62.8 Å². The second-order valence-electron chi connectivity index (χ2n) is 15.0. The third-order valence-corrected chi connectivity index (χ3v) is 10.1. The van der Waals surface area contributed by atoms with Gasteiger partial charge in [0.25, 0.3) is 17.1 Å². The highest BCUT2D eigenvalue weighted by atomic mass is 36.0.